The molecule has 4 atom stereocenters. The van der Waals surface area contributed by atoms with Crippen LogP contribution in [0.4, 0.5) is 8.78 Å². The highest BCUT2D eigenvalue weighted by Crippen LogP contribution is 2.33. The molecule has 172 valence electrons. The zero-order valence-corrected chi connectivity index (χ0v) is 17.3. The van der Waals surface area contributed by atoms with Gasteiger partial charge < -0.3 is 30.1 Å². The summed E-state index contributed by atoms with van der Waals surface area (Å²) >= 11 is 0. The quantitative estimate of drug-likeness (QED) is 0.511. The summed E-state index contributed by atoms with van der Waals surface area (Å²) in [4.78, 5) is 11.9. The van der Waals surface area contributed by atoms with Crippen molar-refractivity contribution in [2.75, 3.05) is 13.1 Å². The molecule has 2 aliphatic heterocycles. The predicted molar refractivity (Wildman–Crippen MR) is 110 cm³/mol. The van der Waals surface area contributed by atoms with Gasteiger partial charge in [0.1, 0.15) is 41.4 Å². The SMILES string of the molecule is O=C(O)[C@](O)(CNCC(O)[C@H]1CCc2cc(F)ccc2O1)[C@@H]1CCc2cc(F)ccc2O1. The largest absolute Gasteiger partial charge is 0.487 e. The van der Waals surface area contributed by atoms with Gasteiger partial charge in [-0.3, -0.25) is 0 Å². The molecule has 7 nitrogen and oxygen atoms in total. The molecular weight excluding hydrogens is 424 g/mol. The van der Waals surface area contributed by atoms with Crippen LogP contribution in [0, 0.1) is 11.6 Å². The maximum Gasteiger partial charge on any atom is 0.341 e. The van der Waals surface area contributed by atoms with Crippen LogP contribution < -0.4 is 14.8 Å². The third-order valence-corrected chi connectivity index (χ3v) is 6.05. The summed E-state index contributed by atoms with van der Waals surface area (Å²) in [5.74, 6) is -1.37. The Morgan fingerprint density at radius 3 is 2.28 bits per heavy atom. The Balaban J connectivity index is 1.35. The molecule has 0 bridgehead atoms. The molecule has 32 heavy (non-hydrogen) atoms. The Bertz CT molecular complexity index is 1000. The van der Waals surface area contributed by atoms with E-state index in [4.69, 9.17) is 9.47 Å². The van der Waals surface area contributed by atoms with Gasteiger partial charge in [0.25, 0.3) is 0 Å². The fourth-order valence-electron chi connectivity index (χ4n) is 4.21. The number of rotatable bonds is 7. The van der Waals surface area contributed by atoms with E-state index >= 15 is 0 Å². The zero-order chi connectivity index (χ0) is 22.9. The molecule has 0 radical (unpaired) electrons. The summed E-state index contributed by atoms with van der Waals surface area (Å²) in [5.41, 5.74) is -0.896. The van der Waals surface area contributed by atoms with Crippen LogP contribution in [0.5, 0.6) is 11.5 Å². The molecule has 0 spiro atoms. The normalized spacial score (nSPS) is 22.5. The average Bonchev–Trinajstić information content (AvgIpc) is 2.77. The molecule has 2 heterocycles. The predicted octanol–water partition coefficient (Wildman–Crippen LogP) is 1.82. The molecule has 2 aliphatic rings. The third kappa shape index (κ3) is 4.55. The van der Waals surface area contributed by atoms with Crippen LogP contribution in [0.3, 0.4) is 0 Å². The minimum Gasteiger partial charge on any atom is -0.487 e. The monoisotopic (exact) mass is 449 g/mol. The third-order valence-electron chi connectivity index (χ3n) is 6.05. The van der Waals surface area contributed by atoms with Gasteiger partial charge in [-0.25, -0.2) is 13.6 Å². The Morgan fingerprint density at radius 1 is 1.06 bits per heavy atom. The van der Waals surface area contributed by atoms with E-state index in [1.54, 1.807) is 0 Å². The van der Waals surface area contributed by atoms with E-state index in [0.717, 1.165) is 5.56 Å². The Morgan fingerprint density at radius 2 is 1.66 bits per heavy atom. The molecular formula is C23H25F2NO6. The van der Waals surface area contributed by atoms with Gasteiger partial charge in [0.05, 0.1) is 0 Å². The first-order valence-corrected chi connectivity index (χ1v) is 10.5. The lowest BCUT2D eigenvalue weighted by atomic mass is 9.89. The van der Waals surface area contributed by atoms with E-state index in [1.165, 1.54) is 36.4 Å². The van der Waals surface area contributed by atoms with Gasteiger partial charge in [-0.2, -0.15) is 0 Å². The number of hydrogen-bond donors (Lipinski definition) is 4. The maximum atomic E-state index is 13.4. The number of aliphatic hydroxyl groups is 2. The van der Waals surface area contributed by atoms with E-state index in [-0.39, 0.29) is 25.3 Å². The van der Waals surface area contributed by atoms with Crippen LogP contribution in [0.15, 0.2) is 36.4 Å². The fourth-order valence-corrected chi connectivity index (χ4v) is 4.21. The van der Waals surface area contributed by atoms with Crippen molar-refractivity contribution in [2.24, 2.45) is 0 Å². The number of hydrogen-bond acceptors (Lipinski definition) is 6. The van der Waals surface area contributed by atoms with Crippen LogP contribution in [0.2, 0.25) is 0 Å². The molecule has 2 aromatic rings. The minimum atomic E-state index is -2.25. The van der Waals surface area contributed by atoms with Crippen LogP contribution >= 0.6 is 0 Å². The molecule has 4 rings (SSSR count). The van der Waals surface area contributed by atoms with E-state index in [1.807, 2.05) is 0 Å². The molecule has 1 unspecified atom stereocenters. The Labute approximate surface area is 183 Å². The van der Waals surface area contributed by atoms with Gasteiger partial charge in [-0.15, -0.1) is 0 Å². The topological polar surface area (TPSA) is 108 Å². The van der Waals surface area contributed by atoms with Crippen molar-refractivity contribution in [3.05, 3.63) is 59.2 Å². The number of carboxylic acid groups (broad SMARTS) is 1. The second-order valence-corrected chi connectivity index (χ2v) is 8.27. The van der Waals surface area contributed by atoms with E-state index in [9.17, 15) is 28.9 Å². The van der Waals surface area contributed by atoms with Crippen LogP contribution in [-0.4, -0.2) is 58.3 Å². The van der Waals surface area contributed by atoms with Crippen molar-refractivity contribution in [1.29, 1.82) is 0 Å². The second kappa shape index (κ2) is 9.01. The molecule has 0 amide bonds. The van der Waals surface area contributed by atoms with Gasteiger partial charge in [-0.1, -0.05) is 0 Å². The van der Waals surface area contributed by atoms with E-state index < -0.39 is 35.7 Å². The number of aliphatic carboxylic acids is 1. The fraction of sp³-hybridized carbons (Fsp3) is 0.435. The highest BCUT2D eigenvalue weighted by Gasteiger charge is 2.47. The van der Waals surface area contributed by atoms with E-state index in [0.29, 0.717) is 36.3 Å². The van der Waals surface area contributed by atoms with Crippen molar-refractivity contribution >= 4 is 5.97 Å². The number of benzene rings is 2. The number of halogens is 2. The summed E-state index contributed by atoms with van der Waals surface area (Å²) in [5, 5.41) is 33.8. The first kappa shape index (κ1) is 22.4. The number of carboxylic acids is 1. The number of aryl methyl sites for hydroxylation is 2. The number of nitrogens with one attached hydrogen (secondary N) is 1. The lowest BCUT2D eigenvalue weighted by Crippen LogP contribution is -2.60. The van der Waals surface area contributed by atoms with Crippen LogP contribution in [0.25, 0.3) is 0 Å². The van der Waals surface area contributed by atoms with Crippen molar-refractivity contribution < 1.29 is 38.4 Å². The summed E-state index contributed by atoms with van der Waals surface area (Å²) in [7, 11) is 0. The van der Waals surface area contributed by atoms with Gasteiger partial charge in [0.15, 0.2) is 0 Å². The van der Waals surface area contributed by atoms with Crippen molar-refractivity contribution in [3.8, 4) is 11.5 Å². The lowest BCUT2D eigenvalue weighted by molar-refractivity contribution is -0.170. The standard InChI is InChI=1S/C23H25F2NO6/c24-15-3-6-18-13(9-15)1-5-20(31-18)17(27)11-26-12-23(30,22(28)29)21-8-2-14-10-16(25)4-7-19(14)32-21/h3-4,6-7,9-10,17,20-21,26-27,30H,1-2,5,8,11-12H2,(H,28,29)/t17?,20-,21+,23+/m1/s1. The molecule has 0 aromatic heterocycles. The number of fused-ring (bicyclic) bond motifs is 2. The number of ether oxygens (including phenoxy) is 2. The lowest BCUT2D eigenvalue weighted by Gasteiger charge is -2.36. The number of carbonyl (C=O) groups is 1. The summed E-state index contributed by atoms with van der Waals surface area (Å²) < 4.78 is 38.2. The smallest absolute Gasteiger partial charge is 0.341 e. The van der Waals surface area contributed by atoms with Gasteiger partial charge in [-0.05, 0) is 73.2 Å². The van der Waals surface area contributed by atoms with Gasteiger partial charge in [0, 0.05) is 13.1 Å². The Hall–Kier alpha value is -2.75. The minimum absolute atomic E-state index is 0.0225. The van der Waals surface area contributed by atoms with Crippen molar-refractivity contribution in [1.82, 2.24) is 5.32 Å². The first-order valence-electron chi connectivity index (χ1n) is 10.5. The molecule has 9 heteroatoms. The van der Waals surface area contributed by atoms with Crippen LogP contribution in [-0.2, 0) is 17.6 Å². The van der Waals surface area contributed by atoms with Crippen LogP contribution in [0.1, 0.15) is 24.0 Å². The Kier molecular flexibility index (Phi) is 6.32. The highest BCUT2D eigenvalue weighted by atomic mass is 19.1. The average molecular weight is 449 g/mol. The second-order valence-electron chi connectivity index (χ2n) is 8.27. The molecule has 2 aromatic carbocycles. The first-order chi connectivity index (χ1) is 15.3. The molecule has 0 fully saturated rings. The molecule has 0 saturated carbocycles. The van der Waals surface area contributed by atoms with Gasteiger partial charge in [0.2, 0.25) is 5.60 Å². The molecule has 4 N–H and O–H groups in total. The maximum absolute atomic E-state index is 13.4. The van der Waals surface area contributed by atoms with E-state index in [2.05, 4.69) is 5.32 Å². The summed E-state index contributed by atoms with van der Waals surface area (Å²) in [6.45, 7) is -0.388. The van der Waals surface area contributed by atoms with Crippen molar-refractivity contribution in [2.45, 2.75) is 49.6 Å². The molecule has 0 saturated heterocycles. The molecule has 0 aliphatic carbocycles. The summed E-state index contributed by atoms with van der Waals surface area (Å²) in [6, 6.07) is 8.17. The summed E-state index contributed by atoms with van der Waals surface area (Å²) in [6.07, 6.45) is -0.983. The zero-order valence-electron chi connectivity index (χ0n) is 17.3. The van der Waals surface area contributed by atoms with Crippen molar-refractivity contribution in [3.63, 3.8) is 0 Å². The highest BCUT2D eigenvalue weighted by molar-refractivity contribution is 5.78. The number of aliphatic hydroxyl groups excluding tert-OH is 1. The van der Waals surface area contributed by atoms with Gasteiger partial charge >= 0.3 is 5.97 Å².